The van der Waals surface area contributed by atoms with Crippen LogP contribution in [0.25, 0.3) is 0 Å². The molecule has 2 amide bonds. The minimum absolute atomic E-state index is 0.0215. The molecule has 1 N–H and O–H groups in total. The smallest absolute Gasteiger partial charge is 0.264 e. The maximum absolute atomic E-state index is 13.9. The molecule has 7 nitrogen and oxygen atoms in total. The number of anilines is 1. The van der Waals surface area contributed by atoms with Crippen LogP contribution in [0, 0.1) is 6.92 Å². The van der Waals surface area contributed by atoms with Crippen molar-refractivity contribution in [3.8, 4) is 0 Å². The summed E-state index contributed by atoms with van der Waals surface area (Å²) in [6.07, 6.45) is 0. The average molecular weight is 611 g/mol. The molecule has 0 radical (unpaired) electrons. The molecule has 3 aromatic carbocycles. The van der Waals surface area contributed by atoms with Crippen LogP contribution in [0.1, 0.15) is 31.9 Å². The number of halogens is 3. The summed E-state index contributed by atoms with van der Waals surface area (Å²) in [5.41, 5.74) is 1.63. The van der Waals surface area contributed by atoms with Crippen molar-refractivity contribution >= 4 is 62.3 Å². The van der Waals surface area contributed by atoms with Gasteiger partial charge in [0.1, 0.15) is 12.6 Å². The Morgan fingerprint density at radius 2 is 1.46 bits per heavy atom. The van der Waals surface area contributed by atoms with Crippen molar-refractivity contribution in [2.45, 2.75) is 51.2 Å². The van der Waals surface area contributed by atoms with Crippen LogP contribution in [0.2, 0.25) is 15.1 Å². The lowest BCUT2D eigenvalue weighted by atomic mass is 10.1. The van der Waals surface area contributed by atoms with Crippen LogP contribution >= 0.6 is 34.8 Å². The lowest BCUT2D eigenvalue weighted by Gasteiger charge is -2.32. The Balaban J connectivity index is 2.07. The fourth-order valence-corrected chi connectivity index (χ4v) is 5.79. The van der Waals surface area contributed by atoms with E-state index in [1.807, 2.05) is 20.8 Å². The van der Waals surface area contributed by atoms with Crippen molar-refractivity contribution in [3.05, 3.63) is 92.9 Å². The highest BCUT2D eigenvalue weighted by Gasteiger charge is 2.33. The quantitative estimate of drug-likeness (QED) is 0.301. The molecule has 39 heavy (non-hydrogen) atoms. The number of rotatable bonds is 10. The van der Waals surface area contributed by atoms with E-state index < -0.39 is 28.5 Å². The maximum Gasteiger partial charge on any atom is 0.264 e. The summed E-state index contributed by atoms with van der Waals surface area (Å²) in [6, 6.07) is 16.4. The van der Waals surface area contributed by atoms with Gasteiger partial charge in [0, 0.05) is 22.6 Å². The van der Waals surface area contributed by atoms with Gasteiger partial charge in [-0.3, -0.25) is 13.9 Å². The second-order valence-corrected chi connectivity index (χ2v) is 12.6. The van der Waals surface area contributed by atoms with Crippen LogP contribution in [0.15, 0.2) is 71.6 Å². The molecular weight excluding hydrogens is 581 g/mol. The Labute approximate surface area is 244 Å². The second kappa shape index (κ2) is 13.0. The third-order valence-corrected chi connectivity index (χ3v) is 8.51. The molecule has 0 spiro atoms. The molecule has 0 aromatic heterocycles. The maximum atomic E-state index is 13.9. The van der Waals surface area contributed by atoms with Crippen LogP contribution in [0.3, 0.4) is 0 Å². The van der Waals surface area contributed by atoms with Gasteiger partial charge in [-0.1, -0.05) is 64.6 Å². The Morgan fingerprint density at radius 1 is 0.872 bits per heavy atom. The summed E-state index contributed by atoms with van der Waals surface area (Å²) in [5.74, 6) is -0.982. The molecule has 0 saturated heterocycles. The largest absolute Gasteiger partial charge is 0.352 e. The lowest BCUT2D eigenvalue weighted by molar-refractivity contribution is -0.139. The van der Waals surface area contributed by atoms with Crippen molar-refractivity contribution in [3.63, 3.8) is 0 Å². The zero-order valence-electron chi connectivity index (χ0n) is 22.0. The van der Waals surface area contributed by atoms with Crippen molar-refractivity contribution < 1.29 is 18.0 Å². The number of benzene rings is 3. The van der Waals surface area contributed by atoms with Crippen molar-refractivity contribution in [2.24, 2.45) is 0 Å². The highest BCUT2D eigenvalue weighted by atomic mass is 35.5. The fraction of sp³-hybridized carbons (Fsp3) is 0.286. The second-order valence-electron chi connectivity index (χ2n) is 9.41. The number of sulfonamides is 1. The van der Waals surface area contributed by atoms with Crippen LogP contribution in [0.4, 0.5) is 5.69 Å². The summed E-state index contributed by atoms with van der Waals surface area (Å²) < 4.78 is 28.7. The van der Waals surface area contributed by atoms with Gasteiger partial charge in [0.25, 0.3) is 10.0 Å². The van der Waals surface area contributed by atoms with Gasteiger partial charge in [0.05, 0.1) is 15.6 Å². The molecule has 208 valence electrons. The first-order valence-electron chi connectivity index (χ1n) is 12.2. The average Bonchev–Trinajstić information content (AvgIpc) is 2.87. The highest BCUT2D eigenvalue weighted by Crippen LogP contribution is 2.33. The lowest BCUT2D eigenvalue weighted by Crippen LogP contribution is -2.52. The summed E-state index contributed by atoms with van der Waals surface area (Å²) in [7, 11) is -4.26. The first-order chi connectivity index (χ1) is 18.3. The number of nitrogens with zero attached hydrogens (tertiary/aromatic N) is 2. The van der Waals surface area contributed by atoms with Gasteiger partial charge in [-0.05, 0) is 75.7 Å². The standard InChI is InChI=1S/C28H30Cl3N3O4S/c1-18(2)32-28(36)20(4)33(16-21-7-9-22(29)10-8-21)27(35)17-34(26-15-23(30)11-14-25(26)31)39(37,38)24-12-5-19(3)6-13-24/h5-15,18,20H,16-17H2,1-4H3,(H,32,36)/t20-/m1/s1. The van der Waals surface area contributed by atoms with E-state index >= 15 is 0 Å². The Kier molecular flexibility index (Phi) is 10.3. The minimum Gasteiger partial charge on any atom is -0.352 e. The van der Waals surface area contributed by atoms with E-state index in [-0.39, 0.29) is 39.1 Å². The van der Waals surface area contributed by atoms with Gasteiger partial charge in [-0.2, -0.15) is 0 Å². The molecule has 0 aliphatic carbocycles. The monoisotopic (exact) mass is 609 g/mol. The van der Waals surface area contributed by atoms with Crippen LogP contribution < -0.4 is 9.62 Å². The number of amides is 2. The summed E-state index contributed by atoms with van der Waals surface area (Å²) in [6.45, 7) is 6.48. The summed E-state index contributed by atoms with van der Waals surface area (Å²) >= 11 is 18.6. The van der Waals surface area contributed by atoms with Gasteiger partial charge in [0.15, 0.2) is 0 Å². The predicted molar refractivity (Wildman–Crippen MR) is 157 cm³/mol. The molecule has 0 bridgehead atoms. The molecule has 11 heteroatoms. The normalized spacial score (nSPS) is 12.2. The van der Waals surface area contributed by atoms with E-state index in [0.29, 0.717) is 10.6 Å². The highest BCUT2D eigenvalue weighted by molar-refractivity contribution is 7.92. The zero-order valence-corrected chi connectivity index (χ0v) is 25.1. The van der Waals surface area contributed by atoms with Crippen molar-refractivity contribution in [1.82, 2.24) is 10.2 Å². The molecule has 0 unspecified atom stereocenters. The fourth-order valence-electron chi connectivity index (χ4n) is 3.80. The van der Waals surface area contributed by atoms with Crippen molar-refractivity contribution in [1.29, 1.82) is 0 Å². The molecule has 3 aromatic rings. The topological polar surface area (TPSA) is 86.8 Å². The van der Waals surface area contributed by atoms with Gasteiger partial charge < -0.3 is 10.2 Å². The Hall–Kier alpha value is -2.78. The third kappa shape index (κ3) is 7.88. The SMILES string of the molecule is Cc1ccc(S(=O)(=O)N(CC(=O)N(Cc2ccc(Cl)cc2)[C@H](C)C(=O)NC(C)C)c2cc(Cl)ccc2Cl)cc1. The summed E-state index contributed by atoms with van der Waals surface area (Å²) in [4.78, 5) is 28.2. The van der Waals surface area contributed by atoms with Gasteiger partial charge in [0.2, 0.25) is 11.8 Å². The van der Waals surface area contributed by atoms with E-state index in [0.717, 1.165) is 9.87 Å². The van der Waals surface area contributed by atoms with E-state index in [4.69, 9.17) is 34.8 Å². The number of nitrogens with one attached hydrogen (secondary N) is 1. The first kappa shape index (κ1) is 30.8. The third-order valence-electron chi connectivity index (χ3n) is 5.93. The molecule has 3 rings (SSSR count). The van der Waals surface area contributed by atoms with E-state index in [9.17, 15) is 18.0 Å². The first-order valence-corrected chi connectivity index (χ1v) is 14.8. The predicted octanol–water partition coefficient (Wildman–Crippen LogP) is 6.09. The number of hydrogen-bond acceptors (Lipinski definition) is 4. The minimum atomic E-state index is -4.26. The molecule has 1 atom stereocenters. The van der Waals surface area contributed by atoms with E-state index in [2.05, 4.69) is 5.32 Å². The summed E-state index contributed by atoms with van der Waals surface area (Å²) in [5, 5.41) is 3.67. The Morgan fingerprint density at radius 3 is 2.05 bits per heavy atom. The van der Waals surface area contributed by atoms with Crippen LogP contribution in [0.5, 0.6) is 0 Å². The van der Waals surface area contributed by atoms with Gasteiger partial charge in [-0.15, -0.1) is 0 Å². The number of carbonyl (C=O) groups excluding carboxylic acids is 2. The molecule has 0 aliphatic rings. The van der Waals surface area contributed by atoms with E-state index in [1.54, 1.807) is 43.3 Å². The molecule has 0 heterocycles. The molecular formula is C28H30Cl3N3O4S. The number of carbonyl (C=O) groups is 2. The van der Waals surface area contributed by atoms with Crippen LogP contribution in [-0.4, -0.2) is 43.8 Å². The van der Waals surface area contributed by atoms with Crippen molar-refractivity contribution in [2.75, 3.05) is 10.8 Å². The van der Waals surface area contributed by atoms with Gasteiger partial charge >= 0.3 is 0 Å². The molecule has 0 saturated carbocycles. The van der Waals surface area contributed by atoms with E-state index in [1.165, 1.54) is 35.2 Å². The Bertz CT molecular complexity index is 1430. The number of hydrogen-bond donors (Lipinski definition) is 1. The van der Waals surface area contributed by atoms with Gasteiger partial charge in [-0.25, -0.2) is 8.42 Å². The zero-order chi connectivity index (χ0) is 28.9. The molecule has 0 fully saturated rings. The number of aryl methyl sites for hydroxylation is 1. The van der Waals surface area contributed by atoms with Crippen LogP contribution in [-0.2, 0) is 26.2 Å². The molecule has 0 aliphatic heterocycles.